The van der Waals surface area contributed by atoms with Crippen molar-refractivity contribution in [1.82, 2.24) is 0 Å². The SMILES string of the molecule is COc1ccc2cc(C#N)c3ccccc3c2c1. The molecule has 0 aliphatic carbocycles. The quantitative estimate of drug-likeness (QED) is 0.598. The normalized spacial score (nSPS) is 10.4. The molecule has 0 spiro atoms. The fourth-order valence-electron chi connectivity index (χ4n) is 2.30. The first kappa shape index (κ1) is 10.6. The van der Waals surface area contributed by atoms with E-state index in [0.717, 1.165) is 27.3 Å². The van der Waals surface area contributed by atoms with E-state index in [1.165, 1.54) is 0 Å². The van der Waals surface area contributed by atoms with Crippen molar-refractivity contribution in [3.05, 3.63) is 54.1 Å². The van der Waals surface area contributed by atoms with Gasteiger partial charge in [0.25, 0.3) is 0 Å². The summed E-state index contributed by atoms with van der Waals surface area (Å²) in [5.41, 5.74) is 0.711. The standard InChI is InChI=1S/C16H11NO/c1-18-13-7-6-11-8-12(10-17)14-4-2-3-5-15(14)16(11)9-13/h2-9H,1H3. The number of hydrogen-bond acceptors (Lipinski definition) is 2. The van der Waals surface area contributed by atoms with Gasteiger partial charge in [0.15, 0.2) is 0 Å². The molecule has 0 saturated heterocycles. The van der Waals surface area contributed by atoms with E-state index in [9.17, 15) is 5.26 Å². The van der Waals surface area contributed by atoms with Gasteiger partial charge in [-0.2, -0.15) is 5.26 Å². The zero-order valence-corrected chi connectivity index (χ0v) is 9.97. The molecule has 0 radical (unpaired) electrons. The Labute approximate surface area is 105 Å². The van der Waals surface area contributed by atoms with Crippen LogP contribution in [0.25, 0.3) is 21.5 Å². The van der Waals surface area contributed by atoms with Gasteiger partial charge in [0.2, 0.25) is 0 Å². The lowest BCUT2D eigenvalue weighted by molar-refractivity contribution is 0.415. The van der Waals surface area contributed by atoms with Gasteiger partial charge < -0.3 is 4.74 Å². The van der Waals surface area contributed by atoms with E-state index in [0.29, 0.717) is 5.56 Å². The average Bonchev–Trinajstić information content (AvgIpc) is 2.45. The van der Waals surface area contributed by atoms with Crippen LogP contribution in [-0.4, -0.2) is 7.11 Å². The fraction of sp³-hybridized carbons (Fsp3) is 0.0625. The van der Waals surface area contributed by atoms with Crippen LogP contribution in [0.2, 0.25) is 0 Å². The number of benzene rings is 3. The van der Waals surface area contributed by atoms with Crippen molar-refractivity contribution in [3.8, 4) is 11.8 Å². The summed E-state index contributed by atoms with van der Waals surface area (Å²) >= 11 is 0. The topological polar surface area (TPSA) is 33.0 Å². The third-order valence-corrected chi connectivity index (χ3v) is 3.19. The first-order chi connectivity index (χ1) is 8.83. The molecule has 3 aromatic rings. The molecule has 86 valence electrons. The second-order valence-electron chi connectivity index (χ2n) is 4.17. The largest absolute Gasteiger partial charge is 0.497 e. The van der Waals surface area contributed by atoms with Crippen LogP contribution in [0.1, 0.15) is 5.56 Å². The number of hydrogen-bond donors (Lipinski definition) is 0. The first-order valence-corrected chi connectivity index (χ1v) is 5.73. The molecule has 2 heteroatoms. The van der Waals surface area contributed by atoms with Crippen LogP contribution in [0.15, 0.2) is 48.5 Å². The van der Waals surface area contributed by atoms with Crippen molar-refractivity contribution < 1.29 is 4.74 Å². The van der Waals surface area contributed by atoms with E-state index in [1.54, 1.807) is 7.11 Å². The lowest BCUT2D eigenvalue weighted by atomic mass is 9.98. The number of nitrogens with zero attached hydrogens (tertiary/aromatic N) is 1. The lowest BCUT2D eigenvalue weighted by Gasteiger charge is -2.07. The van der Waals surface area contributed by atoms with Crippen LogP contribution in [-0.2, 0) is 0 Å². The summed E-state index contributed by atoms with van der Waals surface area (Å²) in [6.07, 6.45) is 0. The Bertz CT molecular complexity index is 784. The average molecular weight is 233 g/mol. The van der Waals surface area contributed by atoms with E-state index in [2.05, 4.69) is 6.07 Å². The highest BCUT2D eigenvalue weighted by Crippen LogP contribution is 2.30. The number of methoxy groups -OCH3 is 1. The van der Waals surface area contributed by atoms with Gasteiger partial charge in [0, 0.05) is 5.39 Å². The second-order valence-corrected chi connectivity index (χ2v) is 4.17. The van der Waals surface area contributed by atoms with Crippen molar-refractivity contribution in [2.75, 3.05) is 7.11 Å². The van der Waals surface area contributed by atoms with Gasteiger partial charge >= 0.3 is 0 Å². The van der Waals surface area contributed by atoms with Crippen LogP contribution in [0.3, 0.4) is 0 Å². The Morgan fingerprint density at radius 2 is 1.72 bits per heavy atom. The zero-order valence-electron chi connectivity index (χ0n) is 9.97. The molecule has 0 saturated carbocycles. The highest BCUT2D eigenvalue weighted by molar-refractivity contribution is 6.10. The monoisotopic (exact) mass is 233 g/mol. The maximum absolute atomic E-state index is 9.22. The highest BCUT2D eigenvalue weighted by atomic mass is 16.5. The van der Waals surface area contributed by atoms with E-state index >= 15 is 0 Å². The summed E-state index contributed by atoms with van der Waals surface area (Å²) in [5, 5.41) is 13.5. The van der Waals surface area contributed by atoms with Crippen LogP contribution < -0.4 is 4.74 Å². The molecule has 0 aliphatic heterocycles. The number of nitriles is 1. The summed E-state index contributed by atoms with van der Waals surface area (Å²) in [5.74, 6) is 0.831. The molecule has 3 rings (SSSR count). The maximum atomic E-state index is 9.22. The van der Waals surface area contributed by atoms with E-state index in [4.69, 9.17) is 4.74 Å². The Morgan fingerprint density at radius 3 is 2.44 bits per heavy atom. The van der Waals surface area contributed by atoms with E-state index < -0.39 is 0 Å². The molecule has 3 aromatic carbocycles. The van der Waals surface area contributed by atoms with Gasteiger partial charge in [0.05, 0.1) is 18.7 Å². The minimum Gasteiger partial charge on any atom is -0.497 e. The molecule has 18 heavy (non-hydrogen) atoms. The predicted octanol–water partition coefficient (Wildman–Crippen LogP) is 3.87. The fourth-order valence-corrected chi connectivity index (χ4v) is 2.30. The van der Waals surface area contributed by atoms with Crippen molar-refractivity contribution in [2.45, 2.75) is 0 Å². The molecule has 0 unspecified atom stereocenters. The molecular formula is C16H11NO. The number of fused-ring (bicyclic) bond motifs is 3. The summed E-state index contributed by atoms with van der Waals surface area (Å²) in [6.45, 7) is 0. The van der Waals surface area contributed by atoms with Gasteiger partial charge in [-0.15, -0.1) is 0 Å². The van der Waals surface area contributed by atoms with Crippen LogP contribution in [0, 0.1) is 11.3 Å². The Kier molecular flexibility index (Phi) is 2.39. The molecule has 0 N–H and O–H groups in total. The van der Waals surface area contributed by atoms with Gasteiger partial charge in [-0.05, 0) is 34.4 Å². The first-order valence-electron chi connectivity index (χ1n) is 5.73. The van der Waals surface area contributed by atoms with Crippen LogP contribution in [0.4, 0.5) is 0 Å². The van der Waals surface area contributed by atoms with Gasteiger partial charge in [-0.3, -0.25) is 0 Å². The summed E-state index contributed by atoms with van der Waals surface area (Å²) in [6, 6.07) is 18.1. The highest BCUT2D eigenvalue weighted by Gasteiger charge is 2.06. The van der Waals surface area contributed by atoms with Crippen molar-refractivity contribution in [2.24, 2.45) is 0 Å². The Hall–Kier alpha value is -2.53. The molecule has 0 heterocycles. The summed E-state index contributed by atoms with van der Waals surface area (Å²) < 4.78 is 5.26. The van der Waals surface area contributed by atoms with Crippen molar-refractivity contribution >= 4 is 21.5 Å². The summed E-state index contributed by atoms with van der Waals surface area (Å²) in [7, 11) is 1.66. The van der Waals surface area contributed by atoms with E-state index in [-0.39, 0.29) is 0 Å². The molecule has 2 nitrogen and oxygen atoms in total. The zero-order chi connectivity index (χ0) is 12.5. The van der Waals surface area contributed by atoms with Crippen molar-refractivity contribution in [3.63, 3.8) is 0 Å². The van der Waals surface area contributed by atoms with Gasteiger partial charge in [-0.1, -0.05) is 30.3 Å². The molecule has 0 aliphatic rings. The Morgan fingerprint density at radius 1 is 0.944 bits per heavy atom. The lowest BCUT2D eigenvalue weighted by Crippen LogP contribution is -1.86. The summed E-state index contributed by atoms with van der Waals surface area (Å²) in [4.78, 5) is 0. The smallest absolute Gasteiger partial charge is 0.119 e. The molecule has 0 aromatic heterocycles. The molecule has 0 fully saturated rings. The third kappa shape index (κ3) is 1.49. The third-order valence-electron chi connectivity index (χ3n) is 3.19. The van der Waals surface area contributed by atoms with Crippen molar-refractivity contribution in [1.29, 1.82) is 5.26 Å². The Balaban J connectivity index is 2.53. The predicted molar refractivity (Wildman–Crippen MR) is 72.7 cm³/mol. The molecular weight excluding hydrogens is 222 g/mol. The van der Waals surface area contributed by atoms with E-state index in [1.807, 2.05) is 48.5 Å². The molecule has 0 amide bonds. The van der Waals surface area contributed by atoms with Crippen LogP contribution in [0.5, 0.6) is 5.75 Å². The second kappa shape index (κ2) is 4.05. The number of rotatable bonds is 1. The maximum Gasteiger partial charge on any atom is 0.119 e. The van der Waals surface area contributed by atoms with Gasteiger partial charge in [0.1, 0.15) is 5.75 Å². The minimum atomic E-state index is 0.711. The minimum absolute atomic E-state index is 0.711. The molecule has 0 atom stereocenters. The number of ether oxygens (including phenoxy) is 1. The van der Waals surface area contributed by atoms with Crippen LogP contribution >= 0.6 is 0 Å². The van der Waals surface area contributed by atoms with Gasteiger partial charge in [-0.25, -0.2) is 0 Å². The molecule has 0 bridgehead atoms.